The van der Waals surface area contributed by atoms with E-state index < -0.39 is 0 Å². The molecule has 0 bridgehead atoms. The van der Waals surface area contributed by atoms with Gasteiger partial charge in [0.15, 0.2) is 5.65 Å². The highest BCUT2D eigenvalue weighted by molar-refractivity contribution is 5.76. The summed E-state index contributed by atoms with van der Waals surface area (Å²) in [5, 5.41) is 10.9. The van der Waals surface area contributed by atoms with Gasteiger partial charge in [0.2, 0.25) is 5.91 Å². The van der Waals surface area contributed by atoms with E-state index in [9.17, 15) is 4.79 Å². The van der Waals surface area contributed by atoms with E-state index in [1.807, 2.05) is 26.0 Å². The Balaban J connectivity index is 1.55. The number of nitrogens with one attached hydrogen (secondary N) is 2. The molecule has 124 valence electrons. The molecule has 1 fully saturated rings. The lowest BCUT2D eigenvalue weighted by atomic mass is 9.95. The SMILES string of the molecule is Cc1cc(NCCC(=O)NC2CCCCC2)n2nc(C)cc2n1. The third kappa shape index (κ3) is 4.00. The molecular formula is C17H25N5O. The molecule has 0 aliphatic heterocycles. The Labute approximate surface area is 136 Å². The standard InChI is InChI=1S/C17H25N5O/c1-12-10-15(22-16(19-12)11-13(2)21-22)18-9-8-17(23)20-14-6-4-3-5-7-14/h10-11,14,18H,3-9H2,1-2H3,(H,20,23). The maximum absolute atomic E-state index is 12.1. The predicted molar refractivity (Wildman–Crippen MR) is 90.6 cm³/mol. The number of rotatable bonds is 5. The molecule has 6 heteroatoms. The first kappa shape index (κ1) is 15.8. The number of hydrogen-bond donors (Lipinski definition) is 2. The molecule has 2 N–H and O–H groups in total. The topological polar surface area (TPSA) is 71.3 Å². The molecule has 1 aliphatic carbocycles. The van der Waals surface area contributed by atoms with Gasteiger partial charge in [-0.15, -0.1) is 0 Å². The van der Waals surface area contributed by atoms with Gasteiger partial charge in [-0.25, -0.2) is 4.98 Å². The van der Waals surface area contributed by atoms with E-state index >= 15 is 0 Å². The molecule has 6 nitrogen and oxygen atoms in total. The summed E-state index contributed by atoms with van der Waals surface area (Å²) in [7, 11) is 0. The van der Waals surface area contributed by atoms with Crippen LogP contribution in [-0.2, 0) is 4.79 Å². The summed E-state index contributed by atoms with van der Waals surface area (Å²) in [5.74, 6) is 1.01. The molecule has 2 heterocycles. The number of aryl methyl sites for hydroxylation is 2. The molecule has 2 aromatic heterocycles. The maximum atomic E-state index is 12.1. The van der Waals surface area contributed by atoms with Crippen LogP contribution < -0.4 is 10.6 Å². The van der Waals surface area contributed by atoms with Crippen molar-refractivity contribution in [1.29, 1.82) is 0 Å². The third-order valence-corrected chi connectivity index (χ3v) is 4.31. The number of carbonyl (C=O) groups is 1. The van der Waals surface area contributed by atoms with Crippen LogP contribution in [-0.4, -0.2) is 33.1 Å². The van der Waals surface area contributed by atoms with Gasteiger partial charge in [-0.2, -0.15) is 9.61 Å². The quantitative estimate of drug-likeness (QED) is 0.889. The van der Waals surface area contributed by atoms with Crippen LogP contribution in [0.15, 0.2) is 12.1 Å². The summed E-state index contributed by atoms with van der Waals surface area (Å²) in [6.45, 7) is 4.50. The molecule has 1 saturated carbocycles. The zero-order valence-corrected chi connectivity index (χ0v) is 13.9. The number of carbonyl (C=O) groups excluding carboxylic acids is 1. The van der Waals surface area contributed by atoms with E-state index in [-0.39, 0.29) is 5.91 Å². The minimum atomic E-state index is 0.128. The summed E-state index contributed by atoms with van der Waals surface area (Å²) in [4.78, 5) is 16.5. The lowest BCUT2D eigenvalue weighted by molar-refractivity contribution is -0.121. The summed E-state index contributed by atoms with van der Waals surface area (Å²) < 4.78 is 1.79. The Hall–Kier alpha value is -2.11. The molecule has 0 saturated heterocycles. The third-order valence-electron chi connectivity index (χ3n) is 4.31. The van der Waals surface area contributed by atoms with Crippen molar-refractivity contribution < 1.29 is 4.79 Å². The first-order valence-electron chi connectivity index (χ1n) is 8.49. The van der Waals surface area contributed by atoms with Crippen LogP contribution in [0.1, 0.15) is 49.9 Å². The second-order valence-electron chi connectivity index (χ2n) is 6.42. The Morgan fingerprint density at radius 2 is 2.00 bits per heavy atom. The van der Waals surface area contributed by atoms with E-state index in [1.165, 1.54) is 19.3 Å². The lowest BCUT2D eigenvalue weighted by Gasteiger charge is -2.22. The van der Waals surface area contributed by atoms with Crippen LogP contribution in [0, 0.1) is 13.8 Å². The molecular weight excluding hydrogens is 290 g/mol. The van der Waals surface area contributed by atoms with Gasteiger partial charge in [0.25, 0.3) is 0 Å². The Morgan fingerprint density at radius 3 is 2.78 bits per heavy atom. The normalized spacial score (nSPS) is 15.7. The monoisotopic (exact) mass is 315 g/mol. The molecule has 1 aliphatic rings. The number of aromatic nitrogens is 3. The minimum Gasteiger partial charge on any atom is -0.369 e. The van der Waals surface area contributed by atoms with Crippen molar-refractivity contribution in [2.24, 2.45) is 0 Å². The summed E-state index contributed by atoms with van der Waals surface area (Å²) in [6, 6.07) is 4.28. The molecule has 2 aromatic rings. The highest BCUT2D eigenvalue weighted by Crippen LogP contribution is 2.17. The van der Waals surface area contributed by atoms with E-state index in [0.29, 0.717) is 19.0 Å². The van der Waals surface area contributed by atoms with Crippen molar-refractivity contribution in [3.63, 3.8) is 0 Å². The fraction of sp³-hybridized carbons (Fsp3) is 0.588. The highest BCUT2D eigenvalue weighted by Gasteiger charge is 2.15. The average molecular weight is 315 g/mol. The van der Waals surface area contributed by atoms with Gasteiger partial charge < -0.3 is 10.6 Å². The van der Waals surface area contributed by atoms with Crippen molar-refractivity contribution in [3.05, 3.63) is 23.5 Å². The highest BCUT2D eigenvalue weighted by atomic mass is 16.1. The first-order chi connectivity index (χ1) is 11.1. The zero-order chi connectivity index (χ0) is 16.2. The smallest absolute Gasteiger partial charge is 0.221 e. The van der Waals surface area contributed by atoms with Gasteiger partial charge >= 0.3 is 0 Å². The summed E-state index contributed by atoms with van der Waals surface area (Å²) in [6.07, 6.45) is 6.48. The van der Waals surface area contributed by atoms with Crippen molar-refractivity contribution in [1.82, 2.24) is 19.9 Å². The van der Waals surface area contributed by atoms with Gasteiger partial charge in [-0.3, -0.25) is 4.79 Å². The van der Waals surface area contributed by atoms with Crippen LogP contribution in [0.2, 0.25) is 0 Å². The predicted octanol–water partition coefficient (Wildman–Crippen LogP) is 2.60. The zero-order valence-electron chi connectivity index (χ0n) is 13.9. The number of nitrogens with zero attached hydrogens (tertiary/aromatic N) is 3. The van der Waals surface area contributed by atoms with Gasteiger partial charge in [-0.05, 0) is 26.7 Å². The summed E-state index contributed by atoms with van der Waals surface area (Å²) in [5.41, 5.74) is 2.70. The van der Waals surface area contributed by atoms with E-state index in [1.54, 1.807) is 4.52 Å². The molecule has 0 aromatic carbocycles. The Bertz CT molecular complexity index is 688. The Kier molecular flexibility index (Phi) is 4.79. The minimum absolute atomic E-state index is 0.128. The molecule has 1 amide bonds. The van der Waals surface area contributed by atoms with Crippen molar-refractivity contribution in [2.45, 2.75) is 58.4 Å². The van der Waals surface area contributed by atoms with Crippen molar-refractivity contribution >= 4 is 17.4 Å². The second-order valence-corrected chi connectivity index (χ2v) is 6.42. The number of amides is 1. The molecule has 0 radical (unpaired) electrons. The number of hydrogen-bond acceptors (Lipinski definition) is 4. The summed E-state index contributed by atoms with van der Waals surface area (Å²) >= 11 is 0. The van der Waals surface area contributed by atoms with Crippen LogP contribution in [0.5, 0.6) is 0 Å². The molecule has 23 heavy (non-hydrogen) atoms. The lowest BCUT2D eigenvalue weighted by Crippen LogP contribution is -2.36. The van der Waals surface area contributed by atoms with E-state index in [2.05, 4.69) is 20.7 Å². The van der Waals surface area contributed by atoms with E-state index in [4.69, 9.17) is 0 Å². The van der Waals surface area contributed by atoms with Gasteiger partial charge in [0.05, 0.1) is 5.69 Å². The van der Waals surface area contributed by atoms with Crippen LogP contribution >= 0.6 is 0 Å². The largest absolute Gasteiger partial charge is 0.369 e. The number of anilines is 1. The molecule has 3 rings (SSSR count). The Morgan fingerprint density at radius 1 is 1.22 bits per heavy atom. The molecule has 0 unspecified atom stereocenters. The fourth-order valence-electron chi connectivity index (χ4n) is 3.19. The van der Waals surface area contributed by atoms with Crippen LogP contribution in [0.3, 0.4) is 0 Å². The second kappa shape index (κ2) is 6.98. The average Bonchev–Trinajstić information content (AvgIpc) is 2.88. The molecule has 0 spiro atoms. The fourth-order valence-corrected chi connectivity index (χ4v) is 3.19. The van der Waals surface area contributed by atoms with Crippen LogP contribution in [0.25, 0.3) is 5.65 Å². The first-order valence-corrected chi connectivity index (χ1v) is 8.49. The van der Waals surface area contributed by atoms with Crippen LogP contribution in [0.4, 0.5) is 5.82 Å². The van der Waals surface area contributed by atoms with Gasteiger partial charge in [0, 0.05) is 36.8 Å². The van der Waals surface area contributed by atoms with Gasteiger partial charge in [0.1, 0.15) is 5.82 Å². The van der Waals surface area contributed by atoms with Crippen molar-refractivity contribution in [3.8, 4) is 0 Å². The molecule has 0 atom stereocenters. The van der Waals surface area contributed by atoms with Gasteiger partial charge in [-0.1, -0.05) is 19.3 Å². The maximum Gasteiger partial charge on any atom is 0.221 e. The number of fused-ring (bicyclic) bond motifs is 1. The van der Waals surface area contributed by atoms with Crippen molar-refractivity contribution in [2.75, 3.05) is 11.9 Å². The van der Waals surface area contributed by atoms with E-state index in [0.717, 1.165) is 35.7 Å².